The first-order valence-electron chi connectivity index (χ1n) is 8.08. The van der Waals surface area contributed by atoms with Crippen LogP contribution in [-0.2, 0) is 6.54 Å². The highest BCUT2D eigenvalue weighted by Gasteiger charge is 2.31. The van der Waals surface area contributed by atoms with Crippen LogP contribution >= 0.6 is 0 Å². The van der Waals surface area contributed by atoms with Crippen molar-refractivity contribution in [2.24, 2.45) is 5.92 Å². The zero-order valence-electron chi connectivity index (χ0n) is 14.0. The molecule has 0 radical (unpaired) electrons. The summed E-state index contributed by atoms with van der Waals surface area (Å²) in [6.07, 6.45) is 11.9. The quantitative estimate of drug-likeness (QED) is 0.537. The van der Waals surface area contributed by atoms with Crippen LogP contribution in [0.1, 0.15) is 25.1 Å². The van der Waals surface area contributed by atoms with Gasteiger partial charge in [0.25, 0.3) is 0 Å². The fourth-order valence-corrected chi connectivity index (χ4v) is 3.43. The van der Waals surface area contributed by atoms with Gasteiger partial charge in [-0.1, -0.05) is 49.3 Å². The molecule has 0 N–H and O–H groups in total. The van der Waals surface area contributed by atoms with Gasteiger partial charge in [-0.15, -0.1) is 6.42 Å². The number of hydrogen-bond donors (Lipinski definition) is 0. The van der Waals surface area contributed by atoms with Crippen molar-refractivity contribution in [3.8, 4) is 23.5 Å². The van der Waals surface area contributed by atoms with Gasteiger partial charge >= 0.3 is 0 Å². The molecule has 3 rings (SSSR count). The molecule has 0 bridgehead atoms. The molecule has 0 spiro atoms. The van der Waals surface area contributed by atoms with E-state index in [2.05, 4.69) is 79.9 Å². The van der Waals surface area contributed by atoms with E-state index in [1.54, 1.807) is 0 Å². The molecule has 0 fully saturated rings. The lowest BCUT2D eigenvalue weighted by Crippen LogP contribution is -2.45. The number of aryl methyl sites for hydroxylation is 1. The van der Waals surface area contributed by atoms with Crippen LogP contribution in [0.25, 0.3) is 16.7 Å². The van der Waals surface area contributed by atoms with Crippen molar-refractivity contribution in [2.45, 2.75) is 27.3 Å². The monoisotopic (exact) mass is 300 g/mol. The number of pyridine rings is 1. The number of fused-ring (bicyclic) bond motifs is 1. The molecule has 1 aliphatic rings. The first-order chi connectivity index (χ1) is 11.2. The SMILES string of the molecule is C#CC=C1/C(=C\C)c2cc(C)c(-c3ccccc3)c[n+]2CC1C. The molecule has 2 aromatic rings. The Labute approximate surface area is 139 Å². The Kier molecular flexibility index (Phi) is 4.17. The molecule has 1 aromatic carbocycles. The minimum Gasteiger partial charge on any atom is -0.197 e. The van der Waals surface area contributed by atoms with Crippen molar-refractivity contribution in [1.29, 1.82) is 0 Å². The van der Waals surface area contributed by atoms with Gasteiger partial charge in [0.15, 0.2) is 12.7 Å². The van der Waals surface area contributed by atoms with Gasteiger partial charge in [0.1, 0.15) is 0 Å². The van der Waals surface area contributed by atoms with Gasteiger partial charge in [-0.25, -0.2) is 0 Å². The van der Waals surface area contributed by atoms with Crippen LogP contribution in [0.3, 0.4) is 0 Å². The van der Waals surface area contributed by atoms with Gasteiger partial charge in [-0.05, 0) is 36.6 Å². The second-order valence-corrected chi connectivity index (χ2v) is 6.14. The van der Waals surface area contributed by atoms with Crippen LogP contribution in [0.15, 0.2) is 60.3 Å². The van der Waals surface area contributed by atoms with Gasteiger partial charge in [0.05, 0.1) is 0 Å². The molecule has 1 heteroatoms. The Morgan fingerprint density at radius 1 is 1.26 bits per heavy atom. The summed E-state index contributed by atoms with van der Waals surface area (Å²) in [5.74, 6) is 3.12. The summed E-state index contributed by atoms with van der Waals surface area (Å²) in [5.41, 5.74) is 7.62. The standard InChI is InChI=1S/C22H22N/c1-5-10-20-17(4)14-23-15-21(18-11-8-7-9-12-18)16(3)13-22(23)19(20)6-2/h1,6-13,15,17H,14H2,2-4H3/q+1/b19-6+,20-10?. The average Bonchev–Trinajstić information content (AvgIpc) is 2.56. The molecule has 0 aliphatic carbocycles. The van der Waals surface area contributed by atoms with Crippen molar-refractivity contribution < 1.29 is 4.57 Å². The number of nitrogens with zero attached hydrogens (tertiary/aromatic N) is 1. The van der Waals surface area contributed by atoms with Crippen LogP contribution in [0.5, 0.6) is 0 Å². The minimum atomic E-state index is 0.418. The third kappa shape index (κ3) is 2.73. The highest BCUT2D eigenvalue weighted by atomic mass is 15.0. The Hall–Kier alpha value is -2.59. The molecule has 0 amide bonds. The van der Waals surface area contributed by atoms with E-state index in [9.17, 15) is 0 Å². The molecular weight excluding hydrogens is 278 g/mol. The summed E-state index contributed by atoms with van der Waals surface area (Å²) in [7, 11) is 0. The molecule has 114 valence electrons. The fraction of sp³-hybridized carbons (Fsp3) is 0.227. The van der Waals surface area contributed by atoms with E-state index in [1.165, 1.54) is 33.5 Å². The van der Waals surface area contributed by atoms with Crippen LogP contribution < -0.4 is 4.57 Å². The lowest BCUT2D eigenvalue weighted by atomic mass is 9.86. The van der Waals surface area contributed by atoms with Gasteiger partial charge in [0, 0.05) is 23.1 Å². The van der Waals surface area contributed by atoms with Crippen LogP contribution in [0.4, 0.5) is 0 Å². The molecule has 0 saturated heterocycles. The lowest BCUT2D eigenvalue weighted by molar-refractivity contribution is -0.705. The third-order valence-corrected chi connectivity index (χ3v) is 4.57. The summed E-state index contributed by atoms with van der Waals surface area (Å²) in [4.78, 5) is 0. The van der Waals surface area contributed by atoms with Crippen LogP contribution in [0, 0.1) is 25.2 Å². The van der Waals surface area contributed by atoms with E-state index in [0.717, 1.165) is 6.54 Å². The largest absolute Gasteiger partial charge is 0.212 e. The Morgan fingerprint density at radius 3 is 2.65 bits per heavy atom. The molecule has 1 aromatic heterocycles. The summed E-state index contributed by atoms with van der Waals surface area (Å²) in [6, 6.07) is 12.9. The first-order valence-corrected chi connectivity index (χ1v) is 8.08. The van der Waals surface area contributed by atoms with E-state index in [1.807, 2.05) is 6.08 Å². The van der Waals surface area contributed by atoms with Crippen molar-refractivity contribution in [1.82, 2.24) is 0 Å². The molecule has 1 unspecified atom stereocenters. The number of aromatic nitrogens is 1. The van der Waals surface area contributed by atoms with Gasteiger partial charge in [-0.2, -0.15) is 4.57 Å². The highest BCUT2D eigenvalue weighted by molar-refractivity contribution is 5.79. The summed E-state index contributed by atoms with van der Waals surface area (Å²) in [5, 5.41) is 0. The molecule has 1 nitrogen and oxygen atoms in total. The van der Waals surface area contributed by atoms with Crippen molar-refractivity contribution in [3.05, 3.63) is 71.6 Å². The number of terminal acetylenes is 1. The maximum Gasteiger partial charge on any atom is 0.212 e. The summed E-state index contributed by atoms with van der Waals surface area (Å²) in [6.45, 7) is 7.46. The molecule has 2 heterocycles. The molecular formula is C22H22N+. The topological polar surface area (TPSA) is 3.88 Å². The predicted octanol–water partition coefficient (Wildman–Crippen LogP) is 4.56. The second kappa shape index (κ2) is 6.26. The smallest absolute Gasteiger partial charge is 0.197 e. The highest BCUT2D eigenvalue weighted by Crippen LogP contribution is 2.33. The molecule has 1 aliphatic heterocycles. The number of benzene rings is 1. The molecule has 0 saturated carbocycles. The van der Waals surface area contributed by atoms with E-state index in [-0.39, 0.29) is 0 Å². The second-order valence-electron chi connectivity index (χ2n) is 6.14. The maximum absolute atomic E-state index is 5.53. The summed E-state index contributed by atoms with van der Waals surface area (Å²) >= 11 is 0. The van der Waals surface area contributed by atoms with Gasteiger partial charge < -0.3 is 0 Å². The molecule has 23 heavy (non-hydrogen) atoms. The zero-order chi connectivity index (χ0) is 16.4. The third-order valence-electron chi connectivity index (χ3n) is 4.57. The number of hydrogen-bond acceptors (Lipinski definition) is 0. The van der Waals surface area contributed by atoms with Crippen molar-refractivity contribution >= 4 is 5.57 Å². The number of allylic oxidation sites excluding steroid dienone is 4. The Morgan fingerprint density at radius 2 is 2.00 bits per heavy atom. The fourth-order valence-electron chi connectivity index (χ4n) is 3.43. The van der Waals surface area contributed by atoms with E-state index >= 15 is 0 Å². The normalized spacial score (nSPS) is 20.3. The van der Waals surface area contributed by atoms with Crippen molar-refractivity contribution in [2.75, 3.05) is 0 Å². The van der Waals surface area contributed by atoms with Crippen LogP contribution in [0.2, 0.25) is 0 Å². The Balaban J connectivity index is 2.18. The predicted molar refractivity (Wildman–Crippen MR) is 96.5 cm³/mol. The summed E-state index contributed by atoms with van der Waals surface area (Å²) < 4.78 is 2.36. The minimum absolute atomic E-state index is 0.418. The Bertz CT molecular complexity index is 832. The van der Waals surface area contributed by atoms with E-state index in [0.29, 0.717) is 5.92 Å². The first kappa shape index (κ1) is 15.3. The molecule has 1 atom stereocenters. The van der Waals surface area contributed by atoms with E-state index in [4.69, 9.17) is 6.42 Å². The van der Waals surface area contributed by atoms with E-state index < -0.39 is 0 Å². The van der Waals surface area contributed by atoms with Crippen LogP contribution in [-0.4, -0.2) is 0 Å². The lowest BCUT2D eigenvalue weighted by Gasteiger charge is -2.23. The van der Waals surface area contributed by atoms with Gasteiger partial charge in [0.2, 0.25) is 5.69 Å². The zero-order valence-corrected chi connectivity index (χ0v) is 14.0. The van der Waals surface area contributed by atoms with Gasteiger partial charge in [-0.3, -0.25) is 0 Å². The number of rotatable bonds is 1. The average molecular weight is 300 g/mol. The van der Waals surface area contributed by atoms with Crippen molar-refractivity contribution in [3.63, 3.8) is 0 Å². The maximum atomic E-state index is 5.53.